The quantitative estimate of drug-likeness (QED) is 0.202. The van der Waals surface area contributed by atoms with Crippen LogP contribution in [0.25, 0.3) is 10.2 Å². The molecule has 0 saturated carbocycles. The van der Waals surface area contributed by atoms with Crippen LogP contribution in [0, 0.1) is 6.92 Å². The average molecular weight is 460 g/mol. The van der Waals surface area contributed by atoms with Crippen LogP contribution in [-0.2, 0) is 27.5 Å². The molecular formula is C26H25N3O3S. The fraction of sp³-hybridized carbons (Fsp3) is 0.192. The van der Waals surface area contributed by atoms with E-state index in [2.05, 4.69) is 40.4 Å². The first-order chi connectivity index (χ1) is 16.1. The van der Waals surface area contributed by atoms with Crippen LogP contribution >= 0.6 is 11.3 Å². The molecule has 7 heteroatoms. The van der Waals surface area contributed by atoms with Crippen LogP contribution in [0.15, 0.2) is 78.0 Å². The molecule has 0 spiro atoms. The van der Waals surface area contributed by atoms with Gasteiger partial charge in [-0.3, -0.25) is 0 Å². The number of esters is 1. The minimum absolute atomic E-state index is 0.100. The Morgan fingerprint density at radius 1 is 0.970 bits per heavy atom. The lowest BCUT2D eigenvalue weighted by atomic mass is 10.1. The first-order valence-electron chi connectivity index (χ1n) is 10.5. The lowest BCUT2D eigenvalue weighted by Gasteiger charge is -2.22. The van der Waals surface area contributed by atoms with E-state index in [-0.39, 0.29) is 5.71 Å². The summed E-state index contributed by atoms with van der Waals surface area (Å²) in [6.07, 6.45) is 0. The van der Waals surface area contributed by atoms with Gasteiger partial charge in [-0.2, -0.15) is 0 Å². The molecule has 0 radical (unpaired) electrons. The molecule has 4 rings (SSSR count). The number of anilines is 1. The Balaban J connectivity index is 1.81. The van der Waals surface area contributed by atoms with Gasteiger partial charge in [0, 0.05) is 18.7 Å². The van der Waals surface area contributed by atoms with E-state index in [4.69, 9.17) is 14.6 Å². The largest absolute Gasteiger partial charge is 0.464 e. The van der Waals surface area contributed by atoms with E-state index in [1.165, 1.54) is 25.3 Å². The van der Waals surface area contributed by atoms with Gasteiger partial charge in [-0.05, 0) is 35.7 Å². The maximum atomic E-state index is 12.4. The number of carbonyl (C=O) groups is 1. The third-order valence-electron chi connectivity index (χ3n) is 5.15. The second kappa shape index (κ2) is 10.3. The highest BCUT2D eigenvalue weighted by Gasteiger charge is 2.23. The predicted octanol–water partition coefficient (Wildman–Crippen LogP) is 5.34. The van der Waals surface area contributed by atoms with E-state index in [0.29, 0.717) is 24.2 Å². The molecule has 0 unspecified atom stereocenters. The molecule has 0 aliphatic heterocycles. The van der Waals surface area contributed by atoms with Gasteiger partial charge in [0.2, 0.25) is 0 Å². The van der Waals surface area contributed by atoms with Crippen molar-refractivity contribution in [1.82, 2.24) is 4.98 Å². The molecule has 1 aromatic heterocycles. The van der Waals surface area contributed by atoms with E-state index in [0.717, 1.165) is 15.4 Å². The minimum Gasteiger partial charge on any atom is -0.464 e. The molecular weight excluding hydrogens is 434 g/mol. The summed E-state index contributed by atoms with van der Waals surface area (Å²) in [6, 6.07) is 24.6. The summed E-state index contributed by atoms with van der Waals surface area (Å²) in [7, 11) is 2.73. The summed E-state index contributed by atoms with van der Waals surface area (Å²) in [4.78, 5) is 24.6. The van der Waals surface area contributed by atoms with Crippen LogP contribution in [-0.4, -0.2) is 30.9 Å². The summed E-state index contributed by atoms with van der Waals surface area (Å²) >= 11 is 1.59. The zero-order valence-corrected chi connectivity index (χ0v) is 19.6. The molecule has 0 aliphatic carbocycles. The zero-order valence-electron chi connectivity index (χ0n) is 18.8. The second-order valence-electron chi connectivity index (χ2n) is 7.60. The van der Waals surface area contributed by atoms with Crippen molar-refractivity contribution in [3.8, 4) is 0 Å². The number of aromatic nitrogens is 1. The van der Waals surface area contributed by atoms with Crippen LogP contribution in [0.3, 0.4) is 0 Å². The standard InChI is InChI=1S/C26H25N3O3S/c1-18-14-21(24(28-32-3)25(30)31-2)23-22(15-18)33-26(27-23)29(16-19-10-6-4-7-11-19)17-20-12-8-5-9-13-20/h4-15H,16-17H2,1-3H3/b28-24-. The molecule has 0 bridgehead atoms. The molecule has 0 amide bonds. The van der Waals surface area contributed by atoms with E-state index >= 15 is 0 Å². The zero-order chi connectivity index (χ0) is 23.2. The summed E-state index contributed by atoms with van der Waals surface area (Å²) in [6.45, 7) is 3.40. The molecule has 168 valence electrons. The number of methoxy groups -OCH3 is 1. The van der Waals surface area contributed by atoms with Gasteiger partial charge in [0.05, 0.1) is 17.3 Å². The van der Waals surface area contributed by atoms with Gasteiger partial charge in [0.15, 0.2) is 10.8 Å². The molecule has 0 N–H and O–H groups in total. The molecule has 4 aromatic rings. The molecule has 3 aromatic carbocycles. The summed E-state index contributed by atoms with van der Waals surface area (Å²) in [5, 5.41) is 4.81. The van der Waals surface area contributed by atoms with Crippen LogP contribution in [0.1, 0.15) is 22.3 Å². The number of carbonyl (C=O) groups excluding carboxylic acids is 1. The Bertz CT molecular complexity index is 1230. The van der Waals surface area contributed by atoms with Crippen molar-refractivity contribution >= 4 is 38.4 Å². The number of benzene rings is 3. The first-order valence-corrected chi connectivity index (χ1v) is 11.3. The Labute approximate surface area is 197 Å². The van der Waals surface area contributed by atoms with Gasteiger partial charge in [0.25, 0.3) is 0 Å². The number of ether oxygens (including phenoxy) is 1. The number of nitrogens with zero attached hydrogens (tertiary/aromatic N) is 3. The van der Waals surface area contributed by atoms with Crippen molar-refractivity contribution in [3.05, 3.63) is 95.1 Å². The van der Waals surface area contributed by atoms with Gasteiger partial charge in [-0.25, -0.2) is 9.78 Å². The monoisotopic (exact) mass is 459 g/mol. The van der Waals surface area contributed by atoms with Crippen molar-refractivity contribution in [3.63, 3.8) is 0 Å². The van der Waals surface area contributed by atoms with Crippen LogP contribution in [0.4, 0.5) is 5.13 Å². The van der Waals surface area contributed by atoms with Gasteiger partial charge < -0.3 is 14.5 Å². The maximum Gasteiger partial charge on any atom is 0.360 e. The van der Waals surface area contributed by atoms with E-state index in [1.807, 2.05) is 49.4 Å². The highest BCUT2D eigenvalue weighted by Crippen LogP contribution is 2.34. The maximum absolute atomic E-state index is 12.4. The average Bonchev–Trinajstić information content (AvgIpc) is 3.26. The molecule has 0 fully saturated rings. The van der Waals surface area contributed by atoms with Crippen molar-refractivity contribution < 1.29 is 14.4 Å². The van der Waals surface area contributed by atoms with Crippen molar-refractivity contribution in [2.75, 3.05) is 19.1 Å². The van der Waals surface area contributed by atoms with Crippen molar-refractivity contribution in [2.45, 2.75) is 20.0 Å². The summed E-state index contributed by atoms with van der Waals surface area (Å²) < 4.78 is 5.91. The highest BCUT2D eigenvalue weighted by molar-refractivity contribution is 7.22. The number of oxime groups is 1. The molecule has 0 atom stereocenters. The van der Waals surface area contributed by atoms with Crippen LogP contribution < -0.4 is 4.90 Å². The molecule has 1 heterocycles. The lowest BCUT2D eigenvalue weighted by molar-refractivity contribution is -0.132. The molecule has 33 heavy (non-hydrogen) atoms. The predicted molar refractivity (Wildman–Crippen MR) is 133 cm³/mol. The first kappa shape index (κ1) is 22.5. The van der Waals surface area contributed by atoms with E-state index in [1.54, 1.807) is 11.3 Å². The number of thiazole rings is 1. The Morgan fingerprint density at radius 2 is 1.58 bits per heavy atom. The number of aryl methyl sites for hydroxylation is 1. The molecule has 0 aliphatic rings. The van der Waals surface area contributed by atoms with E-state index in [9.17, 15) is 4.79 Å². The fourth-order valence-electron chi connectivity index (χ4n) is 3.65. The Morgan fingerprint density at radius 3 is 2.12 bits per heavy atom. The Hall–Kier alpha value is -3.71. The van der Waals surface area contributed by atoms with E-state index < -0.39 is 5.97 Å². The van der Waals surface area contributed by atoms with Crippen LogP contribution in [0.5, 0.6) is 0 Å². The number of hydrogen-bond acceptors (Lipinski definition) is 7. The van der Waals surface area contributed by atoms with Gasteiger partial charge in [-0.15, -0.1) is 0 Å². The third-order valence-corrected chi connectivity index (χ3v) is 6.21. The minimum atomic E-state index is -0.566. The number of hydrogen-bond donors (Lipinski definition) is 0. The van der Waals surface area contributed by atoms with Crippen LogP contribution in [0.2, 0.25) is 0 Å². The van der Waals surface area contributed by atoms with Gasteiger partial charge in [-0.1, -0.05) is 77.2 Å². The highest BCUT2D eigenvalue weighted by atomic mass is 32.1. The SMILES string of the molecule is CO/N=C(\C(=O)OC)c1cc(C)cc2sc(N(Cc3ccccc3)Cc3ccccc3)nc12. The summed E-state index contributed by atoms with van der Waals surface area (Å²) in [5.74, 6) is -0.566. The second-order valence-corrected chi connectivity index (χ2v) is 8.61. The van der Waals surface area contributed by atoms with Gasteiger partial charge >= 0.3 is 5.97 Å². The molecule has 6 nitrogen and oxygen atoms in total. The number of fused-ring (bicyclic) bond motifs is 1. The third kappa shape index (κ3) is 5.21. The molecule has 0 saturated heterocycles. The Kier molecular flexibility index (Phi) is 7.00. The topological polar surface area (TPSA) is 64.0 Å². The van der Waals surface area contributed by atoms with Gasteiger partial charge in [0.1, 0.15) is 7.11 Å². The fourth-order valence-corrected chi connectivity index (χ4v) is 4.74. The normalized spacial score (nSPS) is 11.4. The lowest BCUT2D eigenvalue weighted by Crippen LogP contribution is -2.22. The smallest absolute Gasteiger partial charge is 0.360 e. The summed E-state index contributed by atoms with van der Waals surface area (Å²) in [5.41, 5.74) is 4.79. The van der Waals surface area contributed by atoms with Crippen molar-refractivity contribution in [2.24, 2.45) is 5.16 Å². The van der Waals surface area contributed by atoms with Crippen molar-refractivity contribution in [1.29, 1.82) is 0 Å². The number of rotatable bonds is 8.